The van der Waals surface area contributed by atoms with Gasteiger partial charge in [-0.2, -0.15) is 0 Å². The number of aromatic nitrogens is 1. The van der Waals surface area contributed by atoms with Crippen LogP contribution in [0.2, 0.25) is 0 Å². The fraction of sp³-hybridized carbons (Fsp3) is 0.429. The molecule has 0 radical (unpaired) electrons. The van der Waals surface area contributed by atoms with Gasteiger partial charge in [-0.15, -0.1) is 0 Å². The standard InChI is InChI=1S/C7H10BrNO/c1-2-10-6-9-5-3-4-7(9)8/h3-5H,2,6H2,1H3. The third-order valence-corrected chi connectivity index (χ3v) is 1.93. The zero-order valence-corrected chi connectivity index (χ0v) is 7.47. The van der Waals surface area contributed by atoms with E-state index in [9.17, 15) is 0 Å². The van der Waals surface area contributed by atoms with Crippen LogP contribution in [0.25, 0.3) is 0 Å². The van der Waals surface area contributed by atoms with E-state index in [1.54, 1.807) is 0 Å². The van der Waals surface area contributed by atoms with Gasteiger partial charge in [-0.05, 0) is 35.0 Å². The Labute approximate surface area is 68.9 Å². The van der Waals surface area contributed by atoms with Gasteiger partial charge < -0.3 is 9.30 Å². The number of nitrogens with zero attached hydrogens (tertiary/aromatic N) is 1. The highest BCUT2D eigenvalue weighted by atomic mass is 79.9. The van der Waals surface area contributed by atoms with E-state index in [2.05, 4.69) is 15.9 Å². The van der Waals surface area contributed by atoms with Gasteiger partial charge in [-0.25, -0.2) is 0 Å². The van der Waals surface area contributed by atoms with E-state index in [0.29, 0.717) is 6.73 Å². The van der Waals surface area contributed by atoms with Crippen LogP contribution in [-0.2, 0) is 11.5 Å². The van der Waals surface area contributed by atoms with E-state index >= 15 is 0 Å². The molecule has 0 aliphatic carbocycles. The molecule has 0 spiro atoms. The van der Waals surface area contributed by atoms with Gasteiger partial charge in [0.25, 0.3) is 0 Å². The molecule has 0 saturated carbocycles. The van der Waals surface area contributed by atoms with Crippen molar-refractivity contribution in [2.75, 3.05) is 6.61 Å². The lowest BCUT2D eigenvalue weighted by Crippen LogP contribution is -2.00. The minimum Gasteiger partial charge on any atom is -0.361 e. The summed E-state index contributed by atoms with van der Waals surface area (Å²) in [6.07, 6.45) is 1.97. The van der Waals surface area contributed by atoms with Crippen molar-refractivity contribution in [3.8, 4) is 0 Å². The maximum Gasteiger partial charge on any atom is 0.123 e. The molecular formula is C7H10BrNO. The number of rotatable bonds is 3. The zero-order chi connectivity index (χ0) is 7.40. The molecule has 0 atom stereocenters. The largest absolute Gasteiger partial charge is 0.361 e. The Balaban J connectivity index is 2.49. The van der Waals surface area contributed by atoms with Gasteiger partial charge in [-0.1, -0.05) is 0 Å². The predicted molar refractivity (Wildman–Crippen MR) is 43.8 cm³/mol. The normalized spacial score (nSPS) is 10.2. The Kier molecular flexibility index (Phi) is 2.96. The summed E-state index contributed by atoms with van der Waals surface area (Å²) in [5.41, 5.74) is 0. The molecule has 0 aromatic carbocycles. The molecule has 1 rings (SSSR count). The van der Waals surface area contributed by atoms with Crippen LogP contribution in [0.4, 0.5) is 0 Å². The number of hydrogen-bond donors (Lipinski definition) is 0. The Morgan fingerprint density at radius 3 is 3.00 bits per heavy atom. The van der Waals surface area contributed by atoms with Crippen molar-refractivity contribution in [3.05, 3.63) is 22.9 Å². The lowest BCUT2D eigenvalue weighted by atomic mass is 10.7. The smallest absolute Gasteiger partial charge is 0.123 e. The van der Waals surface area contributed by atoms with Crippen LogP contribution in [0.5, 0.6) is 0 Å². The van der Waals surface area contributed by atoms with Crippen LogP contribution in [-0.4, -0.2) is 11.2 Å². The molecule has 0 aliphatic heterocycles. The second kappa shape index (κ2) is 3.78. The molecule has 0 N–H and O–H groups in total. The van der Waals surface area contributed by atoms with Gasteiger partial charge in [0, 0.05) is 12.8 Å². The molecule has 1 heterocycles. The monoisotopic (exact) mass is 203 g/mol. The Hall–Kier alpha value is -0.280. The van der Waals surface area contributed by atoms with Crippen molar-refractivity contribution >= 4 is 15.9 Å². The van der Waals surface area contributed by atoms with Crippen LogP contribution in [0, 0.1) is 0 Å². The summed E-state index contributed by atoms with van der Waals surface area (Å²) < 4.78 is 8.24. The minimum atomic E-state index is 0.629. The Morgan fingerprint density at radius 2 is 2.50 bits per heavy atom. The predicted octanol–water partition coefficient (Wildman–Crippen LogP) is 2.24. The van der Waals surface area contributed by atoms with E-state index in [1.807, 2.05) is 29.8 Å². The fourth-order valence-electron chi connectivity index (χ4n) is 0.688. The maximum atomic E-state index is 5.19. The average molecular weight is 204 g/mol. The molecule has 2 nitrogen and oxygen atoms in total. The highest BCUT2D eigenvalue weighted by Gasteiger charge is 1.93. The topological polar surface area (TPSA) is 14.2 Å². The van der Waals surface area contributed by atoms with Crippen LogP contribution >= 0.6 is 15.9 Å². The van der Waals surface area contributed by atoms with Crippen LogP contribution in [0.15, 0.2) is 22.9 Å². The van der Waals surface area contributed by atoms with Crippen molar-refractivity contribution in [1.29, 1.82) is 0 Å². The van der Waals surface area contributed by atoms with E-state index in [0.717, 1.165) is 11.2 Å². The summed E-state index contributed by atoms with van der Waals surface area (Å²) in [5.74, 6) is 0. The first-order chi connectivity index (χ1) is 4.84. The summed E-state index contributed by atoms with van der Waals surface area (Å²) >= 11 is 3.38. The van der Waals surface area contributed by atoms with Crippen molar-refractivity contribution in [2.24, 2.45) is 0 Å². The summed E-state index contributed by atoms with van der Waals surface area (Å²) in [5, 5.41) is 0. The van der Waals surface area contributed by atoms with Crippen LogP contribution < -0.4 is 0 Å². The second-order valence-electron chi connectivity index (χ2n) is 1.92. The molecule has 0 bridgehead atoms. The molecule has 56 valence electrons. The number of hydrogen-bond acceptors (Lipinski definition) is 1. The lowest BCUT2D eigenvalue weighted by Gasteiger charge is -2.03. The molecular weight excluding hydrogens is 194 g/mol. The fourth-order valence-corrected chi connectivity index (χ4v) is 1.06. The van der Waals surface area contributed by atoms with Crippen molar-refractivity contribution in [3.63, 3.8) is 0 Å². The van der Waals surface area contributed by atoms with Gasteiger partial charge >= 0.3 is 0 Å². The molecule has 0 unspecified atom stereocenters. The molecule has 0 aliphatic rings. The molecule has 1 aromatic rings. The summed E-state index contributed by atoms with van der Waals surface area (Å²) in [7, 11) is 0. The minimum absolute atomic E-state index is 0.629. The van der Waals surface area contributed by atoms with E-state index in [4.69, 9.17) is 4.74 Å². The molecule has 1 aromatic heterocycles. The van der Waals surface area contributed by atoms with Crippen molar-refractivity contribution in [1.82, 2.24) is 4.57 Å². The first-order valence-electron chi connectivity index (χ1n) is 3.23. The van der Waals surface area contributed by atoms with Gasteiger partial charge in [0.05, 0.1) is 4.60 Å². The van der Waals surface area contributed by atoms with E-state index in [1.165, 1.54) is 0 Å². The van der Waals surface area contributed by atoms with E-state index in [-0.39, 0.29) is 0 Å². The van der Waals surface area contributed by atoms with Crippen LogP contribution in [0.1, 0.15) is 6.92 Å². The number of ether oxygens (including phenoxy) is 1. The lowest BCUT2D eigenvalue weighted by molar-refractivity contribution is 0.0867. The zero-order valence-electron chi connectivity index (χ0n) is 5.88. The second-order valence-corrected chi connectivity index (χ2v) is 2.74. The SMILES string of the molecule is CCOCn1cccc1Br. The van der Waals surface area contributed by atoms with Gasteiger partial charge in [0.2, 0.25) is 0 Å². The highest BCUT2D eigenvalue weighted by molar-refractivity contribution is 9.10. The van der Waals surface area contributed by atoms with Crippen LogP contribution in [0.3, 0.4) is 0 Å². The quantitative estimate of drug-likeness (QED) is 0.736. The highest BCUT2D eigenvalue weighted by Crippen LogP contribution is 2.09. The van der Waals surface area contributed by atoms with Gasteiger partial charge in [-0.3, -0.25) is 0 Å². The third-order valence-electron chi connectivity index (χ3n) is 1.21. The first kappa shape index (κ1) is 7.82. The van der Waals surface area contributed by atoms with Crippen molar-refractivity contribution in [2.45, 2.75) is 13.7 Å². The Bertz CT molecular complexity index is 197. The molecule has 0 fully saturated rings. The summed E-state index contributed by atoms with van der Waals surface area (Å²) in [6, 6.07) is 3.96. The van der Waals surface area contributed by atoms with Gasteiger partial charge in [0.1, 0.15) is 6.73 Å². The first-order valence-corrected chi connectivity index (χ1v) is 4.02. The Morgan fingerprint density at radius 1 is 1.70 bits per heavy atom. The maximum absolute atomic E-state index is 5.19. The third kappa shape index (κ3) is 1.85. The molecule has 0 amide bonds. The van der Waals surface area contributed by atoms with Gasteiger partial charge in [0.15, 0.2) is 0 Å². The molecule has 10 heavy (non-hydrogen) atoms. The average Bonchev–Trinajstić information content (AvgIpc) is 2.31. The number of halogens is 1. The summed E-state index contributed by atoms with van der Waals surface area (Å²) in [6.45, 7) is 3.37. The van der Waals surface area contributed by atoms with E-state index < -0.39 is 0 Å². The molecule has 0 saturated heterocycles. The molecule has 3 heteroatoms. The van der Waals surface area contributed by atoms with Crippen molar-refractivity contribution < 1.29 is 4.74 Å². The summed E-state index contributed by atoms with van der Waals surface area (Å²) in [4.78, 5) is 0.